The van der Waals surface area contributed by atoms with Gasteiger partial charge in [-0.3, -0.25) is 14.4 Å². The van der Waals surface area contributed by atoms with Gasteiger partial charge >= 0.3 is 5.97 Å². The van der Waals surface area contributed by atoms with Crippen molar-refractivity contribution < 1.29 is 28.6 Å². The van der Waals surface area contributed by atoms with E-state index in [-0.39, 0.29) is 43.4 Å². The van der Waals surface area contributed by atoms with Crippen molar-refractivity contribution >= 4 is 23.5 Å². The fraction of sp³-hybridized carbons (Fsp3) is 0.609. The van der Waals surface area contributed by atoms with Crippen LogP contribution in [0, 0.1) is 5.92 Å². The minimum absolute atomic E-state index is 0.0227. The molecule has 176 valence electrons. The van der Waals surface area contributed by atoms with Crippen LogP contribution in [0.15, 0.2) is 24.3 Å². The summed E-state index contributed by atoms with van der Waals surface area (Å²) < 4.78 is 16.7. The lowest BCUT2D eigenvalue weighted by molar-refractivity contribution is -0.152. The summed E-state index contributed by atoms with van der Waals surface area (Å²) in [6.45, 7) is 6.04. The smallest absolute Gasteiger partial charge is 0.308 e. The van der Waals surface area contributed by atoms with Gasteiger partial charge < -0.3 is 29.7 Å². The first kappa shape index (κ1) is 23.8. The first-order chi connectivity index (χ1) is 15.4. The maximum absolute atomic E-state index is 12.9. The average molecular weight is 448 g/mol. The molecule has 3 rings (SSSR count). The number of hydrogen-bond donors (Lipinski definition) is 2. The van der Waals surface area contributed by atoms with Crippen molar-refractivity contribution in [3.63, 3.8) is 0 Å². The molecule has 2 saturated heterocycles. The van der Waals surface area contributed by atoms with Crippen LogP contribution in [0.3, 0.4) is 0 Å². The van der Waals surface area contributed by atoms with E-state index < -0.39 is 12.0 Å². The number of ether oxygens (including phenoxy) is 3. The highest BCUT2D eigenvalue weighted by molar-refractivity contribution is 5.93. The molecular formula is C23H33N3O6. The van der Waals surface area contributed by atoms with E-state index in [9.17, 15) is 14.4 Å². The largest absolute Gasteiger partial charge is 0.489 e. The molecule has 1 aromatic rings. The first-order valence-electron chi connectivity index (χ1n) is 11.2. The molecule has 2 aliphatic heterocycles. The fourth-order valence-electron chi connectivity index (χ4n) is 3.66. The number of piperazine rings is 1. The number of nitrogens with zero attached hydrogens (tertiary/aromatic N) is 1. The zero-order valence-electron chi connectivity index (χ0n) is 18.8. The first-order valence-corrected chi connectivity index (χ1v) is 11.2. The Morgan fingerprint density at radius 2 is 2.12 bits per heavy atom. The molecule has 0 spiro atoms. The molecule has 2 heterocycles. The molecular weight excluding hydrogens is 414 g/mol. The maximum atomic E-state index is 12.9. The highest BCUT2D eigenvalue weighted by Gasteiger charge is 2.35. The molecule has 1 aromatic carbocycles. The van der Waals surface area contributed by atoms with Gasteiger partial charge in [0.25, 0.3) is 0 Å². The Morgan fingerprint density at radius 3 is 2.88 bits per heavy atom. The number of amides is 2. The van der Waals surface area contributed by atoms with Gasteiger partial charge in [0.1, 0.15) is 18.4 Å². The summed E-state index contributed by atoms with van der Waals surface area (Å²) in [5.74, 6) is -0.259. The van der Waals surface area contributed by atoms with Crippen molar-refractivity contribution in [2.45, 2.75) is 45.3 Å². The van der Waals surface area contributed by atoms with Crippen LogP contribution in [-0.2, 0) is 23.9 Å². The third kappa shape index (κ3) is 6.85. The number of rotatable bonds is 10. The molecule has 9 nitrogen and oxygen atoms in total. The lowest BCUT2D eigenvalue weighted by Gasteiger charge is -2.34. The van der Waals surface area contributed by atoms with Gasteiger partial charge in [0.05, 0.1) is 31.4 Å². The summed E-state index contributed by atoms with van der Waals surface area (Å²) in [5, 5.41) is 5.83. The van der Waals surface area contributed by atoms with Crippen molar-refractivity contribution in [2.24, 2.45) is 5.92 Å². The van der Waals surface area contributed by atoms with Gasteiger partial charge in [-0.15, -0.1) is 0 Å². The quantitative estimate of drug-likeness (QED) is 0.525. The Bertz CT molecular complexity index is 794. The third-order valence-electron chi connectivity index (χ3n) is 5.35. The molecule has 2 fully saturated rings. The predicted octanol–water partition coefficient (Wildman–Crippen LogP) is 1.57. The van der Waals surface area contributed by atoms with Crippen molar-refractivity contribution in [1.29, 1.82) is 0 Å². The highest BCUT2D eigenvalue weighted by atomic mass is 16.5. The SMILES string of the molecule is CC(C)COC(=O)CC1C(=O)NCCN1C(=O)CNc1ccccc1OCC1CCCO1. The molecule has 9 heteroatoms. The van der Waals surface area contributed by atoms with E-state index in [1.807, 2.05) is 38.1 Å². The number of anilines is 1. The van der Waals surface area contributed by atoms with Crippen LogP contribution >= 0.6 is 0 Å². The Morgan fingerprint density at radius 1 is 1.31 bits per heavy atom. The van der Waals surface area contributed by atoms with Crippen LogP contribution in [0.2, 0.25) is 0 Å². The van der Waals surface area contributed by atoms with Crippen molar-refractivity contribution in [3.05, 3.63) is 24.3 Å². The average Bonchev–Trinajstić information content (AvgIpc) is 3.30. The lowest BCUT2D eigenvalue weighted by atomic mass is 10.1. The standard InChI is InChI=1S/C23H33N3O6/c1-16(2)14-32-22(28)12-19-23(29)24-9-10-26(19)21(27)13-25-18-7-3-4-8-20(18)31-15-17-6-5-11-30-17/h3-4,7-8,16-17,19,25H,5-6,9-15H2,1-2H3,(H,24,29). The van der Waals surface area contributed by atoms with Gasteiger partial charge in [0.15, 0.2) is 0 Å². The third-order valence-corrected chi connectivity index (χ3v) is 5.35. The Balaban J connectivity index is 1.56. The number of para-hydroxylation sites is 2. The lowest BCUT2D eigenvalue weighted by Crippen LogP contribution is -2.58. The Labute approximate surface area is 188 Å². The zero-order valence-corrected chi connectivity index (χ0v) is 18.8. The van der Waals surface area contributed by atoms with Crippen LogP contribution in [0.5, 0.6) is 5.75 Å². The fourth-order valence-corrected chi connectivity index (χ4v) is 3.66. The van der Waals surface area contributed by atoms with Crippen molar-refractivity contribution in [3.8, 4) is 5.75 Å². The maximum Gasteiger partial charge on any atom is 0.308 e. The van der Waals surface area contributed by atoms with E-state index in [4.69, 9.17) is 14.2 Å². The summed E-state index contributed by atoms with van der Waals surface area (Å²) in [7, 11) is 0. The molecule has 0 saturated carbocycles. The van der Waals surface area contributed by atoms with E-state index in [0.29, 0.717) is 31.1 Å². The minimum Gasteiger partial charge on any atom is -0.489 e. The summed E-state index contributed by atoms with van der Waals surface area (Å²) in [6, 6.07) is 6.52. The summed E-state index contributed by atoms with van der Waals surface area (Å²) >= 11 is 0. The molecule has 0 radical (unpaired) electrons. The number of carbonyl (C=O) groups excluding carboxylic acids is 3. The highest BCUT2D eigenvalue weighted by Crippen LogP contribution is 2.25. The number of benzene rings is 1. The topological polar surface area (TPSA) is 106 Å². The molecule has 2 N–H and O–H groups in total. The van der Waals surface area contributed by atoms with Gasteiger partial charge in [-0.1, -0.05) is 26.0 Å². The second-order valence-corrected chi connectivity index (χ2v) is 8.47. The molecule has 2 aliphatic rings. The molecule has 2 atom stereocenters. The molecule has 32 heavy (non-hydrogen) atoms. The number of carbonyl (C=O) groups is 3. The van der Waals surface area contributed by atoms with Crippen LogP contribution < -0.4 is 15.4 Å². The summed E-state index contributed by atoms with van der Waals surface area (Å²) in [6.07, 6.45) is 1.95. The molecule has 0 bridgehead atoms. The number of nitrogens with one attached hydrogen (secondary N) is 2. The second kappa shape index (κ2) is 11.7. The molecule has 2 amide bonds. The second-order valence-electron chi connectivity index (χ2n) is 8.47. The van der Waals surface area contributed by atoms with Gasteiger partial charge in [0, 0.05) is 19.7 Å². The van der Waals surface area contributed by atoms with Crippen molar-refractivity contribution in [2.75, 3.05) is 44.8 Å². The normalized spacial score (nSPS) is 20.7. The minimum atomic E-state index is -0.872. The van der Waals surface area contributed by atoms with Crippen LogP contribution in [0.25, 0.3) is 0 Å². The monoisotopic (exact) mass is 447 g/mol. The summed E-state index contributed by atoms with van der Waals surface area (Å²) in [4.78, 5) is 38.9. The van der Waals surface area contributed by atoms with Crippen LogP contribution in [0.1, 0.15) is 33.1 Å². The number of hydrogen-bond acceptors (Lipinski definition) is 7. The Kier molecular flexibility index (Phi) is 8.72. The van der Waals surface area contributed by atoms with Gasteiger partial charge in [-0.25, -0.2) is 0 Å². The van der Waals surface area contributed by atoms with E-state index >= 15 is 0 Å². The molecule has 2 unspecified atom stereocenters. The Hall–Kier alpha value is -2.81. The van der Waals surface area contributed by atoms with E-state index in [1.54, 1.807) is 0 Å². The van der Waals surface area contributed by atoms with E-state index in [2.05, 4.69) is 10.6 Å². The van der Waals surface area contributed by atoms with Gasteiger partial charge in [0.2, 0.25) is 11.8 Å². The van der Waals surface area contributed by atoms with E-state index in [1.165, 1.54) is 4.90 Å². The van der Waals surface area contributed by atoms with Crippen molar-refractivity contribution in [1.82, 2.24) is 10.2 Å². The van der Waals surface area contributed by atoms with Gasteiger partial charge in [-0.05, 0) is 30.9 Å². The van der Waals surface area contributed by atoms with Crippen LogP contribution in [0.4, 0.5) is 5.69 Å². The van der Waals surface area contributed by atoms with Crippen LogP contribution in [-0.4, -0.2) is 74.3 Å². The van der Waals surface area contributed by atoms with E-state index in [0.717, 1.165) is 19.4 Å². The predicted molar refractivity (Wildman–Crippen MR) is 118 cm³/mol. The summed E-state index contributed by atoms with van der Waals surface area (Å²) in [5.41, 5.74) is 0.688. The zero-order chi connectivity index (χ0) is 22.9. The number of esters is 1. The van der Waals surface area contributed by atoms with Gasteiger partial charge in [-0.2, -0.15) is 0 Å². The molecule has 0 aliphatic carbocycles. The molecule has 0 aromatic heterocycles.